The quantitative estimate of drug-likeness (QED) is 0.870. The molecule has 0 N–H and O–H groups in total. The maximum absolute atomic E-state index is 8.96. The summed E-state index contributed by atoms with van der Waals surface area (Å²) in [5.41, 5.74) is 1.56. The number of nitrogens with zero attached hydrogens (tertiary/aromatic N) is 3. The Morgan fingerprint density at radius 3 is 3.00 bits per heavy atom. The van der Waals surface area contributed by atoms with E-state index in [4.69, 9.17) is 19.7 Å². The molecule has 0 saturated carbocycles. The Kier molecular flexibility index (Phi) is 4.23. The molecule has 1 aromatic carbocycles. The molecular weight excluding hydrogens is 278 g/mol. The molecule has 114 valence electrons. The van der Waals surface area contributed by atoms with Crippen LogP contribution in [0.5, 0.6) is 0 Å². The largest absolute Gasteiger partial charge is 0.382 e. The molecule has 5 heteroatoms. The molecule has 1 aromatic heterocycles. The topological polar surface area (TPSA) is 58.4 Å². The molecule has 1 aliphatic heterocycles. The molecule has 0 amide bonds. The smallest absolute Gasteiger partial charge is 0.129 e. The predicted molar refractivity (Wildman–Crippen MR) is 84.9 cm³/mol. The van der Waals surface area contributed by atoms with Gasteiger partial charge >= 0.3 is 0 Å². The van der Waals surface area contributed by atoms with Crippen molar-refractivity contribution >= 4 is 16.7 Å². The lowest BCUT2D eigenvalue weighted by molar-refractivity contribution is -0.0512. The fraction of sp³-hybridized carbons (Fsp3) is 0.412. The van der Waals surface area contributed by atoms with Crippen molar-refractivity contribution in [1.29, 1.82) is 5.26 Å². The van der Waals surface area contributed by atoms with Crippen LogP contribution in [0, 0.1) is 11.3 Å². The van der Waals surface area contributed by atoms with Crippen molar-refractivity contribution < 1.29 is 9.47 Å². The van der Waals surface area contributed by atoms with Crippen LogP contribution in [0.15, 0.2) is 30.3 Å². The van der Waals surface area contributed by atoms with Crippen LogP contribution < -0.4 is 4.90 Å². The lowest BCUT2D eigenvalue weighted by Crippen LogP contribution is -2.48. The Hall–Kier alpha value is -2.16. The summed E-state index contributed by atoms with van der Waals surface area (Å²) in [6.07, 6.45) is 0.208. The summed E-state index contributed by atoms with van der Waals surface area (Å²) in [5.74, 6) is 0.938. The van der Waals surface area contributed by atoms with Crippen LogP contribution in [0.2, 0.25) is 0 Å². The predicted octanol–water partition coefficient (Wildman–Crippen LogP) is 2.35. The minimum absolute atomic E-state index is 0.0622. The van der Waals surface area contributed by atoms with Crippen molar-refractivity contribution in [3.63, 3.8) is 0 Å². The normalized spacial score (nSPS) is 21.8. The number of ether oxygens (including phenoxy) is 2. The van der Waals surface area contributed by atoms with E-state index in [1.807, 2.05) is 24.3 Å². The summed E-state index contributed by atoms with van der Waals surface area (Å²) < 4.78 is 11.1. The SMILES string of the molecule is COCC1CN(c2ccc3cc(C#N)ccc3n2)CC(C)O1. The molecule has 0 aliphatic carbocycles. The van der Waals surface area contributed by atoms with E-state index in [1.54, 1.807) is 13.2 Å². The average molecular weight is 297 g/mol. The van der Waals surface area contributed by atoms with E-state index >= 15 is 0 Å². The number of hydrogen-bond acceptors (Lipinski definition) is 5. The molecule has 2 atom stereocenters. The van der Waals surface area contributed by atoms with Crippen molar-refractivity contribution in [2.75, 3.05) is 31.7 Å². The molecule has 1 aliphatic rings. The molecule has 5 nitrogen and oxygen atoms in total. The van der Waals surface area contributed by atoms with E-state index in [0.717, 1.165) is 29.8 Å². The van der Waals surface area contributed by atoms with Crippen molar-refractivity contribution in [3.8, 4) is 6.07 Å². The van der Waals surface area contributed by atoms with Gasteiger partial charge in [-0.05, 0) is 37.3 Å². The molecule has 0 spiro atoms. The van der Waals surface area contributed by atoms with Crippen molar-refractivity contribution in [2.45, 2.75) is 19.1 Å². The first-order valence-corrected chi connectivity index (χ1v) is 7.40. The summed E-state index contributed by atoms with van der Waals surface area (Å²) in [7, 11) is 1.69. The molecule has 1 fully saturated rings. The lowest BCUT2D eigenvalue weighted by atomic mass is 10.1. The monoisotopic (exact) mass is 297 g/mol. The van der Waals surface area contributed by atoms with Crippen LogP contribution in [-0.4, -0.2) is 44.0 Å². The molecule has 3 rings (SSSR count). The number of rotatable bonds is 3. The first kappa shape index (κ1) is 14.8. The number of benzene rings is 1. The van der Waals surface area contributed by atoms with Crippen LogP contribution in [0.25, 0.3) is 10.9 Å². The highest BCUT2D eigenvalue weighted by molar-refractivity contribution is 5.81. The maximum atomic E-state index is 8.96. The second-order valence-corrected chi connectivity index (χ2v) is 5.62. The van der Waals surface area contributed by atoms with Crippen LogP contribution >= 0.6 is 0 Å². The zero-order valence-electron chi connectivity index (χ0n) is 12.8. The van der Waals surface area contributed by atoms with Gasteiger partial charge < -0.3 is 14.4 Å². The summed E-state index contributed by atoms with van der Waals surface area (Å²) in [4.78, 5) is 6.96. The molecule has 2 heterocycles. The van der Waals surface area contributed by atoms with Gasteiger partial charge in [0.1, 0.15) is 5.82 Å². The van der Waals surface area contributed by atoms with E-state index in [2.05, 4.69) is 17.9 Å². The second-order valence-electron chi connectivity index (χ2n) is 5.62. The number of fused-ring (bicyclic) bond motifs is 1. The molecule has 1 saturated heterocycles. The van der Waals surface area contributed by atoms with Gasteiger partial charge in [-0.1, -0.05) is 0 Å². The Bertz CT molecular complexity index is 711. The van der Waals surface area contributed by atoms with Gasteiger partial charge in [0.05, 0.1) is 36.0 Å². The number of nitriles is 1. The third-order valence-electron chi connectivity index (χ3n) is 3.81. The summed E-state index contributed by atoms with van der Waals surface area (Å²) in [6, 6.07) is 11.7. The Labute approximate surface area is 130 Å². The van der Waals surface area contributed by atoms with Gasteiger partial charge in [0.2, 0.25) is 0 Å². The second kappa shape index (κ2) is 6.30. The number of hydrogen-bond donors (Lipinski definition) is 0. The molecule has 2 unspecified atom stereocenters. The summed E-state index contributed by atoms with van der Waals surface area (Å²) >= 11 is 0. The van der Waals surface area contributed by atoms with E-state index in [0.29, 0.717) is 12.2 Å². The molecular formula is C17H19N3O2. The number of aromatic nitrogens is 1. The van der Waals surface area contributed by atoms with E-state index in [1.165, 1.54) is 0 Å². The minimum Gasteiger partial charge on any atom is -0.382 e. The summed E-state index contributed by atoms with van der Waals surface area (Å²) in [5, 5.41) is 9.94. The first-order chi connectivity index (χ1) is 10.7. The van der Waals surface area contributed by atoms with Gasteiger partial charge in [0.15, 0.2) is 0 Å². The van der Waals surface area contributed by atoms with Crippen molar-refractivity contribution in [1.82, 2.24) is 4.98 Å². The number of morpholine rings is 1. The number of methoxy groups -OCH3 is 1. The van der Waals surface area contributed by atoms with Gasteiger partial charge in [-0.2, -0.15) is 5.26 Å². The van der Waals surface area contributed by atoms with Gasteiger partial charge in [-0.15, -0.1) is 0 Å². The first-order valence-electron chi connectivity index (χ1n) is 7.40. The van der Waals surface area contributed by atoms with E-state index < -0.39 is 0 Å². The Morgan fingerprint density at radius 2 is 2.23 bits per heavy atom. The molecule has 0 bridgehead atoms. The van der Waals surface area contributed by atoms with Gasteiger partial charge in [0, 0.05) is 25.6 Å². The highest BCUT2D eigenvalue weighted by Gasteiger charge is 2.26. The van der Waals surface area contributed by atoms with Crippen molar-refractivity contribution in [2.24, 2.45) is 0 Å². The lowest BCUT2D eigenvalue weighted by Gasteiger charge is -2.37. The third-order valence-corrected chi connectivity index (χ3v) is 3.81. The maximum Gasteiger partial charge on any atom is 0.129 e. The van der Waals surface area contributed by atoms with Gasteiger partial charge in [-0.25, -0.2) is 4.98 Å². The van der Waals surface area contributed by atoms with Gasteiger partial charge in [-0.3, -0.25) is 0 Å². The van der Waals surface area contributed by atoms with Crippen LogP contribution in [0.4, 0.5) is 5.82 Å². The molecule has 2 aromatic rings. The van der Waals surface area contributed by atoms with E-state index in [9.17, 15) is 0 Å². The Balaban J connectivity index is 1.87. The van der Waals surface area contributed by atoms with Crippen LogP contribution in [0.1, 0.15) is 12.5 Å². The highest BCUT2D eigenvalue weighted by atomic mass is 16.5. The zero-order valence-corrected chi connectivity index (χ0v) is 12.8. The van der Waals surface area contributed by atoms with Gasteiger partial charge in [0.25, 0.3) is 0 Å². The summed E-state index contributed by atoms with van der Waals surface area (Å²) in [6.45, 7) is 4.23. The highest BCUT2D eigenvalue weighted by Crippen LogP contribution is 2.22. The van der Waals surface area contributed by atoms with E-state index in [-0.39, 0.29) is 12.2 Å². The van der Waals surface area contributed by atoms with Crippen LogP contribution in [-0.2, 0) is 9.47 Å². The molecule has 22 heavy (non-hydrogen) atoms. The fourth-order valence-electron chi connectivity index (χ4n) is 2.87. The zero-order chi connectivity index (χ0) is 15.5. The minimum atomic E-state index is 0.0622. The fourth-order valence-corrected chi connectivity index (χ4v) is 2.87. The number of anilines is 1. The standard InChI is InChI=1S/C17H19N3O2/c1-12-9-20(10-15(22-12)11-21-2)17-6-4-14-7-13(8-18)3-5-16(14)19-17/h3-7,12,15H,9-11H2,1-2H3. The number of pyridine rings is 1. The van der Waals surface area contributed by atoms with Crippen LogP contribution in [0.3, 0.4) is 0 Å². The third kappa shape index (κ3) is 3.03. The average Bonchev–Trinajstić information content (AvgIpc) is 2.53. The Morgan fingerprint density at radius 1 is 1.36 bits per heavy atom. The van der Waals surface area contributed by atoms with Crippen molar-refractivity contribution in [3.05, 3.63) is 35.9 Å². The molecule has 0 radical (unpaired) electrons.